The highest BCUT2D eigenvalue weighted by atomic mass is 16.5. The fraction of sp³-hybridized carbons (Fsp3) is 0.800. The van der Waals surface area contributed by atoms with E-state index in [-0.39, 0.29) is 18.6 Å². The maximum Gasteiger partial charge on any atom is 0.326 e. The fourth-order valence-electron chi connectivity index (χ4n) is 0.971. The van der Waals surface area contributed by atoms with Gasteiger partial charge in [0.2, 0.25) is 5.91 Å². The van der Waals surface area contributed by atoms with E-state index in [0.29, 0.717) is 0 Å². The molecular weight excluding hydrogens is 198 g/mol. The second-order valence-electron chi connectivity index (χ2n) is 3.99. The quantitative estimate of drug-likeness (QED) is 0.684. The van der Waals surface area contributed by atoms with Crippen molar-refractivity contribution in [3.05, 3.63) is 0 Å². The molecule has 0 fully saturated rings. The number of ether oxygens (including phenoxy) is 1. The van der Waals surface area contributed by atoms with Gasteiger partial charge in [-0.2, -0.15) is 0 Å². The van der Waals surface area contributed by atoms with Gasteiger partial charge in [-0.05, 0) is 19.8 Å². The summed E-state index contributed by atoms with van der Waals surface area (Å²) >= 11 is 0. The third kappa shape index (κ3) is 6.06. The summed E-state index contributed by atoms with van der Waals surface area (Å²) in [7, 11) is 0. The van der Waals surface area contributed by atoms with Crippen molar-refractivity contribution in [1.29, 1.82) is 0 Å². The van der Waals surface area contributed by atoms with E-state index in [9.17, 15) is 9.59 Å². The van der Waals surface area contributed by atoms with Crippen LogP contribution in [0.5, 0.6) is 0 Å². The number of carbonyl (C=O) groups excluding carboxylic acids is 1. The van der Waals surface area contributed by atoms with Crippen LogP contribution in [0.25, 0.3) is 0 Å². The van der Waals surface area contributed by atoms with Gasteiger partial charge < -0.3 is 15.2 Å². The van der Waals surface area contributed by atoms with E-state index in [1.807, 2.05) is 13.8 Å². The van der Waals surface area contributed by atoms with Crippen molar-refractivity contribution in [2.45, 2.75) is 39.8 Å². The van der Waals surface area contributed by atoms with Crippen LogP contribution in [0.15, 0.2) is 0 Å². The molecule has 0 aliphatic carbocycles. The Morgan fingerprint density at radius 3 is 2.13 bits per heavy atom. The van der Waals surface area contributed by atoms with E-state index in [1.165, 1.54) is 0 Å². The topological polar surface area (TPSA) is 75.6 Å². The lowest BCUT2D eigenvalue weighted by Crippen LogP contribution is -2.45. The molecule has 1 atom stereocenters. The number of hydrogen-bond acceptors (Lipinski definition) is 3. The van der Waals surface area contributed by atoms with Crippen molar-refractivity contribution in [2.24, 2.45) is 5.92 Å². The Morgan fingerprint density at radius 2 is 1.80 bits per heavy atom. The van der Waals surface area contributed by atoms with Gasteiger partial charge in [-0.15, -0.1) is 0 Å². The third-order valence-electron chi connectivity index (χ3n) is 1.80. The highest BCUT2D eigenvalue weighted by molar-refractivity contribution is 5.84. The first-order chi connectivity index (χ1) is 6.84. The smallest absolute Gasteiger partial charge is 0.326 e. The Kier molecular flexibility index (Phi) is 5.93. The van der Waals surface area contributed by atoms with E-state index in [4.69, 9.17) is 9.84 Å². The second kappa shape index (κ2) is 6.40. The minimum Gasteiger partial charge on any atom is -0.480 e. The number of carboxylic acids is 1. The van der Waals surface area contributed by atoms with Crippen molar-refractivity contribution in [1.82, 2.24) is 5.32 Å². The Morgan fingerprint density at radius 1 is 1.27 bits per heavy atom. The van der Waals surface area contributed by atoms with Crippen molar-refractivity contribution >= 4 is 11.9 Å². The van der Waals surface area contributed by atoms with Gasteiger partial charge in [0, 0.05) is 0 Å². The Hall–Kier alpha value is -1.10. The van der Waals surface area contributed by atoms with Crippen LogP contribution in [0.1, 0.15) is 27.7 Å². The molecule has 5 heteroatoms. The minimum atomic E-state index is -1.03. The second-order valence-corrected chi connectivity index (χ2v) is 3.99. The molecule has 0 aromatic carbocycles. The number of carboxylic acid groups (broad SMARTS) is 1. The number of rotatable bonds is 6. The molecule has 15 heavy (non-hydrogen) atoms. The van der Waals surface area contributed by atoms with Gasteiger partial charge in [-0.25, -0.2) is 4.79 Å². The van der Waals surface area contributed by atoms with E-state index < -0.39 is 17.9 Å². The van der Waals surface area contributed by atoms with Gasteiger partial charge in [-0.3, -0.25) is 4.79 Å². The van der Waals surface area contributed by atoms with Crippen LogP contribution in [0.4, 0.5) is 0 Å². The highest BCUT2D eigenvalue weighted by Crippen LogP contribution is 2.01. The molecule has 0 aromatic heterocycles. The van der Waals surface area contributed by atoms with Gasteiger partial charge in [0.25, 0.3) is 0 Å². The average molecular weight is 217 g/mol. The van der Waals surface area contributed by atoms with Gasteiger partial charge in [0.15, 0.2) is 0 Å². The van der Waals surface area contributed by atoms with E-state index in [0.717, 1.165) is 0 Å². The van der Waals surface area contributed by atoms with Crippen LogP contribution in [0, 0.1) is 5.92 Å². The fourth-order valence-corrected chi connectivity index (χ4v) is 0.971. The van der Waals surface area contributed by atoms with Crippen molar-refractivity contribution in [3.63, 3.8) is 0 Å². The minimum absolute atomic E-state index is 0.0434. The molecule has 0 spiro atoms. The Bertz CT molecular complexity index is 225. The maximum atomic E-state index is 11.3. The van der Waals surface area contributed by atoms with Gasteiger partial charge in [0.05, 0.1) is 6.10 Å². The van der Waals surface area contributed by atoms with Crippen LogP contribution in [0.3, 0.4) is 0 Å². The van der Waals surface area contributed by atoms with Crippen LogP contribution in [-0.4, -0.2) is 35.7 Å². The van der Waals surface area contributed by atoms with Crippen molar-refractivity contribution < 1.29 is 19.4 Å². The van der Waals surface area contributed by atoms with Crippen LogP contribution in [-0.2, 0) is 14.3 Å². The molecule has 2 N–H and O–H groups in total. The molecule has 88 valence electrons. The first-order valence-corrected chi connectivity index (χ1v) is 4.98. The molecule has 0 radical (unpaired) electrons. The van der Waals surface area contributed by atoms with E-state index in [1.54, 1.807) is 13.8 Å². The van der Waals surface area contributed by atoms with Crippen LogP contribution < -0.4 is 5.32 Å². The summed E-state index contributed by atoms with van der Waals surface area (Å²) in [6, 6.07) is -0.853. The molecular formula is C10H19NO4. The number of nitrogens with one attached hydrogen (secondary N) is 1. The summed E-state index contributed by atoms with van der Waals surface area (Å²) in [6.45, 7) is 6.99. The molecule has 0 aliphatic rings. The summed E-state index contributed by atoms with van der Waals surface area (Å²) in [5.41, 5.74) is 0. The predicted octanol–water partition coefficient (Wildman–Crippen LogP) is 0.637. The maximum absolute atomic E-state index is 11.3. The zero-order valence-electron chi connectivity index (χ0n) is 9.61. The van der Waals surface area contributed by atoms with E-state index in [2.05, 4.69) is 5.32 Å². The third-order valence-corrected chi connectivity index (χ3v) is 1.80. The van der Waals surface area contributed by atoms with Crippen LogP contribution >= 0.6 is 0 Å². The lowest BCUT2D eigenvalue weighted by molar-refractivity contribution is -0.144. The molecule has 0 saturated heterocycles. The molecule has 0 bridgehead atoms. The number of amides is 1. The SMILES string of the molecule is CC(C)OCC(=O)NC(C(=O)O)C(C)C. The molecule has 0 aromatic rings. The lowest BCUT2D eigenvalue weighted by atomic mass is 10.1. The number of aliphatic carboxylic acids is 1. The lowest BCUT2D eigenvalue weighted by Gasteiger charge is -2.18. The summed E-state index contributed by atoms with van der Waals surface area (Å²) in [6.07, 6.45) is -0.0434. The Labute approximate surface area is 89.8 Å². The van der Waals surface area contributed by atoms with E-state index >= 15 is 0 Å². The average Bonchev–Trinajstić information content (AvgIpc) is 2.09. The molecule has 5 nitrogen and oxygen atoms in total. The summed E-state index contributed by atoms with van der Waals surface area (Å²) in [4.78, 5) is 22.0. The molecule has 1 unspecified atom stereocenters. The Balaban J connectivity index is 4.07. The van der Waals surface area contributed by atoms with Gasteiger partial charge >= 0.3 is 5.97 Å². The number of carbonyl (C=O) groups is 2. The summed E-state index contributed by atoms with van der Waals surface area (Å²) < 4.78 is 5.06. The van der Waals surface area contributed by atoms with Gasteiger partial charge in [-0.1, -0.05) is 13.8 Å². The first-order valence-electron chi connectivity index (χ1n) is 4.98. The van der Waals surface area contributed by atoms with Crippen molar-refractivity contribution in [3.8, 4) is 0 Å². The summed E-state index contributed by atoms with van der Waals surface area (Å²) in [5, 5.41) is 11.2. The number of hydrogen-bond donors (Lipinski definition) is 2. The largest absolute Gasteiger partial charge is 0.480 e. The zero-order valence-corrected chi connectivity index (χ0v) is 9.61. The monoisotopic (exact) mass is 217 g/mol. The molecule has 1 amide bonds. The molecule has 0 rings (SSSR count). The summed E-state index contributed by atoms with van der Waals surface area (Å²) in [5.74, 6) is -1.57. The first kappa shape index (κ1) is 13.9. The van der Waals surface area contributed by atoms with Crippen molar-refractivity contribution in [2.75, 3.05) is 6.61 Å². The molecule has 0 heterocycles. The normalized spacial score (nSPS) is 12.9. The highest BCUT2D eigenvalue weighted by Gasteiger charge is 2.23. The van der Waals surface area contributed by atoms with Gasteiger partial charge in [0.1, 0.15) is 12.6 Å². The predicted molar refractivity (Wildman–Crippen MR) is 55.5 cm³/mol. The zero-order chi connectivity index (χ0) is 12.0. The van der Waals surface area contributed by atoms with Crippen LogP contribution in [0.2, 0.25) is 0 Å². The standard InChI is InChI=1S/C10H19NO4/c1-6(2)9(10(13)14)11-8(12)5-15-7(3)4/h6-7,9H,5H2,1-4H3,(H,11,12)(H,13,14). The molecule has 0 aliphatic heterocycles. The molecule has 0 saturated carbocycles.